The number of carbonyl (C=O) groups is 1. The first-order chi connectivity index (χ1) is 23.3. The summed E-state index contributed by atoms with van der Waals surface area (Å²) < 4.78 is 11.5. The third kappa shape index (κ3) is 7.57. The number of tetrazole rings is 1. The van der Waals surface area contributed by atoms with Gasteiger partial charge in [0.05, 0.1) is 41.4 Å². The molecule has 4 aromatic rings. The van der Waals surface area contributed by atoms with Gasteiger partial charge < -0.3 is 19.7 Å². The lowest BCUT2D eigenvalue weighted by atomic mass is 9.84. The average molecular weight is 689 g/mol. The van der Waals surface area contributed by atoms with Gasteiger partial charge >= 0.3 is 6.16 Å². The van der Waals surface area contributed by atoms with Crippen molar-refractivity contribution in [3.05, 3.63) is 129 Å². The molecule has 10 nitrogen and oxygen atoms in total. The quantitative estimate of drug-likeness (QED) is 0.142. The lowest BCUT2D eigenvalue weighted by molar-refractivity contribution is 0.0646. The molecule has 1 unspecified atom stereocenters. The van der Waals surface area contributed by atoms with Crippen molar-refractivity contribution in [3.8, 4) is 0 Å². The molecule has 3 heterocycles. The molecule has 0 radical (unpaired) electrons. The van der Waals surface area contributed by atoms with Crippen molar-refractivity contribution in [2.24, 2.45) is 7.05 Å². The summed E-state index contributed by atoms with van der Waals surface area (Å²) in [6.45, 7) is 8.54. The summed E-state index contributed by atoms with van der Waals surface area (Å²) in [5, 5.41) is 16.7. The minimum Gasteiger partial charge on any atom is -0.434 e. The number of nitrogens with zero attached hydrogens (tertiary/aromatic N) is 6. The van der Waals surface area contributed by atoms with Crippen LogP contribution < -0.4 is 5.32 Å². The molecule has 0 aliphatic carbocycles. The third-order valence-electron chi connectivity index (χ3n) is 8.78. The topological polar surface area (TPSA) is 97.6 Å². The molecule has 250 valence electrons. The number of hydrogen-bond donors (Lipinski definition) is 1. The lowest BCUT2D eigenvalue weighted by Crippen LogP contribution is -2.48. The summed E-state index contributed by atoms with van der Waals surface area (Å²) in [7, 11) is 1.69. The molecule has 1 fully saturated rings. The summed E-state index contributed by atoms with van der Waals surface area (Å²) in [5.41, 5.74) is 5.33. The number of halogens is 2. The van der Waals surface area contributed by atoms with E-state index in [1.54, 1.807) is 19.2 Å². The van der Waals surface area contributed by atoms with Crippen LogP contribution in [-0.2, 0) is 16.5 Å². The van der Waals surface area contributed by atoms with Gasteiger partial charge in [-0.25, -0.2) is 4.79 Å². The molecule has 1 atom stereocenters. The summed E-state index contributed by atoms with van der Waals surface area (Å²) >= 11 is 13.1. The number of hydrogen-bond acceptors (Lipinski definition) is 9. The van der Waals surface area contributed by atoms with E-state index in [0.29, 0.717) is 44.9 Å². The first-order valence-corrected chi connectivity index (χ1v) is 16.8. The van der Waals surface area contributed by atoms with Gasteiger partial charge in [0, 0.05) is 44.0 Å². The zero-order chi connectivity index (χ0) is 33.6. The highest BCUT2D eigenvalue weighted by molar-refractivity contribution is 6.42. The summed E-state index contributed by atoms with van der Waals surface area (Å²) in [6.07, 6.45) is -0.109. The molecule has 3 aromatic carbocycles. The monoisotopic (exact) mass is 687 g/mol. The van der Waals surface area contributed by atoms with Gasteiger partial charge in [-0.3, -0.25) is 4.90 Å². The van der Waals surface area contributed by atoms with Crippen molar-refractivity contribution in [1.29, 1.82) is 0 Å². The number of carbonyl (C=O) groups excluding carboxylic acids is 1. The third-order valence-corrected chi connectivity index (χ3v) is 9.61. The van der Waals surface area contributed by atoms with E-state index < -0.39 is 12.1 Å². The Labute approximate surface area is 290 Å². The van der Waals surface area contributed by atoms with E-state index in [1.165, 1.54) is 15.9 Å². The second-order valence-corrected chi connectivity index (χ2v) is 12.8. The Hall–Kier alpha value is -4.22. The van der Waals surface area contributed by atoms with Crippen molar-refractivity contribution in [2.45, 2.75) is 32.2 Å². The lowest BCUT2D eigenvalue weighted by Gasteiger charge is -2.39. The van der Waals surface area contributed by atoms with E-state index in [2.05, 4.69) is 91.2 Å². The SMILES string of the molecule is CC1=C(OC(=O)OCCCN2CCN(C(c3ccccc3)c3ccccc3)CC2)C(c2cccc(Cl)c2Cl)C(c2nnn(C)n2)=C(C)N1. The van der Waals surface area contributed by atoms with Crippen LogP contribution in [0.5, 0.6) is 0 Å². The van der Waals surface area contributed by atoms with E-state index in [9.17, 15) is 4.79 Å². The van der Waals surface area contributed by atoms with Gasteiger partial charge in [0.2, 0.25) is 5.82 Å². The van der Waals surface area contributed by atoms with Crippen molar-refractivity contribution >= 4 is 34.9 Å². The van der Waals surface area contributed by atoms with Crippen molar-refractivity contribution in [3.63, 3.8) is 0 Å². The maximum Gasteiger partial charge on any atom is 0.513 e. The highest BCUT2D eigenvalue weighted by Crippen LogP contribution is 2.46. The molecule has 1 saturated heterocycles. The van der Waals surface area contributed by atoms with Crippen molar-refractivity contribution in [1.82, 2.24) is 35.3 Å². The molecule has 48 heavy (non-hydrogen) atoms. The van der Waals surface area contributed by atoms with Crippen LogP contribution in [0.2, 0.25) is 10.0 Å². The van der Waals surface area contributed by atoms with E-state index in [4.69, 9.17) is 32.7 Å². The number of rotatable bonds is 10. The summed E-state index contributed by atoms with van der Waals surface area (Å²) in [6, 6.07) is 26.9. The van der Waals surface area contributed by atoms with Gasteiger partial charge in [0.25, 0.3) is 0 Å². The van der Waals surface area contributed by atoms with Gasteiger partial charge in [-0.1, -0.05) is 96.0 Å². The van der Waals surface area contributed by atoms with Crippen LogP contribution in [0, 0.1) is 0 Å². The minimum atomic E-state index is -0.793. The minimum absolute atomic E-state index is 0.217. The number of allylic oxidation sites excluding steroid dienone is 3. The van der Waals surface area contributed by atoms with Crippen LogP contribution in [-0.4, -0.2) is 75.5 Å². The largest absolute Gasteiger partial charge is 0.513 e. The zero-order valence-corrected chi connectivity index (χ0v) is 28.8. The van der Waals surface area contributed by atoms with E-state index >= 15 is 0 Å². The molecule has 1 aromatic heterocycles. The highest BCUT2D eigenvalue weighted by atomic mass is 35.5. The standard InChI is InChI=1S/C36H39Cl2N7O3/c1-24-30(35-40-42-43(3)41-35)31(28-16-10-17-29(37)32(28)38)34(25(2)39-24)48-36(46)47-23-11-18-44-19-21-45(22-20-44)33(26-12-6-4-7-13-26)27-14-8-5-9-15-27/h4-10,12-17,31,33,39H,11,18-23H2,1-3H3. The average Bonchev–Trinajstić information content (AvgIpc) is 3.52. The maximum atomic E-state index is 13.1. The smallest absolute Gasteiger partial charge is 0.434 e. The molecular weight excluding hydrogens is 649 g/mol. The number of benzene rings is 3. The Morgan fingerprint density at radius 1 is 0.917 bits per heavy atom. The number of dihydropyridines is 1. The predicted molar refractivity (Wildman–Crippen MR) is 186 cm³/mol. The molecule has 1 N–H and O–H groups in total. The summed E-state index contributed by atoms with van der Waals surface area (Å²) in [5.74, 6) is 0.0882. The highest BCUT2D eigenvalue weighted by Gasteiger charge is 2.37. The molecular formula is C36H39Cl2N7O3. The number of aryl methyl sites for hydroxylation is 1. The van der Waals surface area contributed by atoms with Crippen LogP contribution in [0.3, 0.4) is 0 Å². The fourth-order valence-corrected chi connectivity index (χ4v) is 6.95. The van der Waals surface area contributed by atoms with Gasteiger partial charge in [-0.05, 0) is 48.2 Å². The fraction of sp³-hybridized carbons (Fsp3) is 0.333. The first-order valence-electron chi connectivity index (χ1n) is 16.1. The van der Waals surface area contributed by atoms with E-state index in [0.717, 1.165) is 38.4 Å². The second-order valence-electron chi connectivity index (χ2n) is 12.0. The number of nitrogens with one attached hydrogen (secondary N) is 1. The molecule has 12 heteroatoms. The molecule has 2 aliphatic heterocycles. The molecule has 6 rings (SSSR count). The Morgan fingerprint density at radius 2 is 1.58 bits per heavy atom. The molecule has 0 bridgehead atoms. The van der Waals surface area contributed by atoms with E-state index in [-0.39, 0.29) is 12.6 Å². The Morgan fingerprint density at radius 3 is 2.21 bits per heavy atom. The van der Waals surface area contributed by atoms with Crippen LogP contribution in [0.25, 0.3) is 5.57 Å². The van der Waals surface area contributed by atoms with Crippen LogP contribution >= 0.6 is 23.2 Å². The Balaban J connectivity index is 1.06. The van der Waals surface area contributed by atoms with Crippen molar-refractivity contribution < 1.29 is 14.3 Å². The number of aromatic nitrogens is 4. The number of ether oxygens (including phenoxy) is 2. The number of piperazine rings is 1. The second kappa shape index (κ2) is 15.3. The summed E-state index contributed by atoms with van der Waals surface area (Å²) in [4.78, 5) is 19.4. The van der Waals surface area contributed by atoms with Gasteiger partial charge in [0.15, 0.2) is 0 Å². The fourth-order valence-electron chi connectivity index (χ4n) is 6.53. The maximum absolute atomic E-state index is 13.1. The van der Waals surface area contributed by atoms with Gasteiger partial charge in [-0.15, -0.1) is 10.2 Å². The molecule has 0 amide bonds. The molecule has 0 spiro atoms. The predicted octanol–water partition coefficient (Wildman–Crippen LogP) is 6.82. The normalized spacial score (nSPS) is 17.5. The Kier molecular flexibility index (Phi) is 10.8. The zero-order valence-electron chi connectivity index (χ0n) is 27.3. The molecule has 2 aliphatic rings. The van der Waals surface area contributed by atoms with Crippen LogP contribution in [0.1, 0.15) is 54.7 Å². The van der Waals surface area contributed by atoms with Crippen molar-refractivity contribution in [2.75, 3.05) is 39.3 Å². The van der Waals surface area contributed by atoms with Crippen LogP contribution in [0.15, 0.2) is 96.0 Å². The van der Waals surface area contributed by atoms with Crippen LogP contribution in [0.4, 0.5) is 4.79 Å². The van der Waals surface area contributed by atoms with E-state index in [1.807, 2.05) is 19.9 Å². The molecule has 0 saturated carbocycles. The first kappa shape index (κ1) is 33.7. The van der Waals surface area contributed by atoms with Gasteiger partial charge in [0.1, 0.15) is 5.76 Å². The Bertz CT molecular complexity index is 1750. The van der Waals surface area contributed by atoms with Gasteiger partial charge in [-0.2, -0.15) is 4.80 Å².